The fraction of sp³-hybridized carbons (Fsp3) is 0.273. The average molecular weight is 345 g/mol. The molecule has 0 bridgehead atoms. The summed E-state index contributed by atoms with van der Waals surface area (Å²) >= 11 is 0. The zero-order chi connectivity index (χ0) is 17.9. The van der Waals surface area contributed by atoms with Gasteiger partial charge in [-0.25, -0.2) is 4.98 Å². The molecular formula is C22H23N3O. The highest BCUT2D eigenvalue weighted by Crippen LogP contribution is 2.36. The van der Waals surface area contributed by atoms with E-state index in [0.717, 1.165) is 41.5 Å². The van der Waals surface area contributed by atoms with Crippen LogP contribution in [0.1, 0.15) is 18.4 Å². The maximum Gasteiger partial charge on any atom is 0.132 e. The molecule has 132 valence electrons. The van der Waals surface area contributed by atoms with Crippen molar-refractivity contribution >= 4 is 5.82 Å². The third kappa shape index (κ3) is 3.15. The van der Waals surface area contributed by atoms with Crippen LogP contribution in [-0.4, -0.2) is 30.7 Å². The molecule has 2 aromatic heterocycles. The number of aromatic nitrogens is 2. The molecule has 1 aliphatic rings. The second-order valence-corrected chi connectivity index (χ2v) is 6.68. The minimum Gasteiger partial charge on any atom is -0.497 e. The van der Waals surface area contributed by atoms with Gasteiger partial charge in [0.2, 0.25) is 0 Å². The number of fused-ring (bicyclic) bond motifs is 1. The minimum atomic E-state index is 0.852. The van der Waals surface area contributed by atoms with E-state index in [1.54, 1.807) is 7.11 Å². The third-order valence-corrected chi connectivity index (χ3v) is 4.96. The predicted molar refractivity (Wildman–Crippen MR) is 106 cm³/mol. The van der Waals surface area contributed by atoms with Crippen LogP contribution in [0.2, 0.25) is 0 Å². The normalized spacial score (nSPS) is 13.8. The van der Waals surface area contributed by atoms with Crippen LogP contribution in [0.25, 0.3) is 22.5 Å². The maximum atomic E-state index is 5.28. The van der Waals surface area contributed by atoms with E-state index in [4.69, 9.17) is 9.72 Å². The number of nitrogens with zero attached hydrogens (tertiary/aromatic N) is 3. The predicted octanol–water partition coefficient (Wildman–Crippen LogP) is 4.59. The van der Waals surface area contributed by atoms with Gasteiger partial charge in [0.1, 0.15) is 11.6 Å². The first-order chi connectivity index (χ1) is 12.8. The fourth-order valence-corrected chi connectivity index (χ4v) is 3.54. The first kappa shape index (κ1) is 16.6. The van der Waals surface area contributed by atoms with E-state index in [1.165, 1.54) is 24.0 Å². The van der Waals surface area contributed by atoms with Gasteiger partial charge in [0, 0.05) is 36.5 Å². The molecule has 0 saturated heterocycles. The van der Waals surface area contributed by atoms with Gasteiger partial charge in [-0.05, 0) is 61.7 Å². The monoisotopic (exact) mass is 345 g/mol. The molecule has 0 radical (unpaired) electrons. The van der Waals surface area contributed by atoms with Gasteiger partial charge >= 0.3 is 0 Å². The highest BCUT2D eigenvalue weighted by atomic mass is 16.5. The molecule has 1 aromatic carbocycles. The molecule has 0 atom stereocenters. The van der Waals surface area contributed by atoms with Crippen LogP contribution in [0.3, 0.4) is 0 Å². The summed E-state index contributed by atoms with van der Waals surface area (Å²) in [4.78, 5) is 11.9. The van der Waals surface area contributed by atoms with Crippen molar-refractivity contribution in [3.8, 4) is 28.3 Å². The molecule has 1 aliphatic heterocycles. The van der Waals surface area contributed by atoms with E-state index in [1.807, 2.05) is 30.5 Å². The summed E-state index contributed by atoms with van der Waals surface area (Å²) in [5.41, 5.74) is 5.57. The molecule has 0 aliphatic carbocycles. The van der Waals surface area contributed by atoms with Crippen molar-refractivity contribution in [2.45, 2.75) is 19.3 Å². The Labute approximate surface area is 154 Å². The smallest absolute Gasteiger partial charge is 0.132 e. The Morgan fingerprint density at radius 2 is 1.85 bits per heavy atom. The van der Waals surface area contributed by atoms with Crippen molar-refractivity contribution in [1.82, 2.24) is 9.97 Å². The Kier molecular flexibility index (Phi) is 4.57. The molecule has 4 nitrogen and oxygen atoms in total. The minimum absolute atomic E-state index is 0.852. The SMILES string of the molecule is COc1ccc(-c2cc(-c3ccccn3)c3c(n2)N(C)CCCC3)cc1. The maximum absolute atomic E-state index is 5.28. The van der Waals surface area contributed by atoms with E-state index >= 15 is 0 Å². The summed E-state index contributed by atoms with van der Waals surface area (Å²) in [7, 11) is 3.82. The molecule has 3 heterocycles. The Hall–Kier alpha value is -2.88. The summed E-state index contributed by atoms with van der Waals surface area (Å²) in [6.45, 7) is 1.04. The number of anilines is 1. The molecule has 0 unspecified atom stereocenters. The summed E-state index contributed by atoms with van der Waals surface area (Å²) in [6.07, 6.45) is 5.27. The Morgan fingerprint density at radius 3 is 2.58 bits per heavy atom. The lowest BCUT2D eigenvalue weighted by atomic mass is 9.98. The van der Waals surface area contributed by atoms with Crippen LogP contribution in [0.4, 0.5) is 5.82 Å². The molecule has 3 aromatic rings. The van der Waals surface area contributed by atoms with Crippen molar-refractivity contribution in [3.63, 3.8) is 0 Å². The first-order valence-corrected chi connectivity index (χ1v) is 9.07. The molecule has 0 N–H and O–H groups in total. The van der Waals surface area contributed by atoms with Gasteiger partial charge in [-0.1, -0.05) is 6.07 Å². The van der Waals surface area contributed by atoms with Crippen LogP contribution in [0.15, 0.2) is 54.7 Å². The molecule has 0 fully saturated rings. The van der Waals surface area contributed by atoms with Gasteiger partial charge in [0.15, 0.2) is 0 Å². The van der Waals surface area contributed by atoms with Crippen molar-refractivity contribution < 1.29 is 4.74 Å². The van der Waals surface area contributed by atoms with E-state index in [2.05, 4.69) is 41.2 Å². The summed E-state index contributed by atoms with van der Waals surface area (Å²) in [6, 6.07) is 16.3. The van der Waals surface area contributed by atoms with Crippen LogP contribution >= 0.6 is 0 Å². The zero-order valence-electron chi connectivity index (χ0n) is 15.3. The highest BCUT2D eigenvalue weighted by Gasteiger charge is 2.20. The van der Waals surface area contributed by atoms with Gasteiger partial charge in [-0.2, -0.15) is 0 Å². The van der Waals surface area contributed by atoms with Crippen LogP contribution in [-0.2, 0) is 6.42 Å². The molecule has 0 saturated carbocycles. The molecule has 0 spiro atoms. The standard InChI is InChI=1S/C22H23N3O/c1-25-14-6-4-7-18-19(20-8-3-5-13-23-20)15-21(24-22(18)25)16-9-11-17(26-2)12-10-16/h3,5,8-13,15H,4,6-7,14H2,1-2H3. The molecule has 4 heteroatoms. The number of methoxy groups -OCH3 is 1. The number of ether oxygens (including phenoxy) is 1. The number of hydrogen-bond acceptors (Lipinski definition) is 4. The highest BCUT2D eigenvalue weighted by molar-refractivity contribution is 5.77. The van der Waals surface area contributed by atoms with E-state index in [9.17, 15) is 0 Å². The van der Waals surface area contributed by atoms with Crippen molar-refractivity contribution in [1.29, 1.82) is 0 Å². The summed E-state index contributed by atoms with van der Waals surface area (Å²) < 4.78 is 5.28. The van der Waals surface area contributed by atoms with Crippen molar-refractivity contribution in [3.05, 3.63) is 60.3 Å². The number of pyridine rings is 2. The van der Waals surface area contributed by atoms with Gasteiger partial charge in [-0.3, -0.25) is 4.98 Å². The molecule has 4 rings (SSSR count). The van der Waals surface area contributed by atoms with Gasteiger partial charge in [0.25, 0.3) is 0 Å². The lowest BCUT2D eigenvalue weighted by Crippen LogP contribution is -2.19. The Morgan fingerprint density at radius 1 is 1.00 bits per heavy atom. The molecular weight excluding hydrogens is 322 g/mol. The Balaban J connectivity index is 1.90. The number of hydrogen-bond donors (Lipinski definition) is 0. The van der Waals surface area contributed by atoms with E-state index in [0.29, 0.717) is 0 Å². The first-order valence-electron chi connectivity index (χ1n) is 9.07. The zero-order valence-corrected chi connectivity index (χ0v) is 15.3. The average Bonchev–Trinajstić information content (AvgIpc) is 2.89. The van der Waals surface area contributed by atoms with Crippen molar-refractivity contribution in [2.24, 2.45) is 0 Å². The lowest BCUT2D eigenvalue weighted by molar-refractivity contribution is 0.415. The lowest BCUT2D eigenvalue weighted by Gasteiger charge is -2.21. The van der Waals surface area contributed by atoms with E-state index in [-0.39, 0.29) is 0 Å². The summed E-state index contributed by atoms with van der Waals surface area (Å²) in [5.74, 6) is 1.93. The van der Waals surface area contributed by atoms with E-state index < -0.39 is 0 Å². The topological polar surface area (TPSA) is 38.3 Å². The fourth-order valence-electron chi connectivity index (χ4n) is 3.54. The second kappa shape index (κ2) is 7.16. The molecule has 26 heavy (non-hydrogen) atoms. The number of benzene rings is 1. The number of rotatable bonds is 3. The third-order valence-electron chi connectivity index (χ3n) is 4.96. The summed E-state index contributed by atoms with van der Waals surface area (Å²) in [5, 5.41) is 0. The van der Waals surface area contributed by atoms with Gasteiger partial charge < -0.3 is 9.64 Å². The van der Waals surface area contributed by atoms with Gasteiger partial charge in [-0.15, -0.1) is 0 Å². The quantitative estimate of drug-likeness (QED) is 0.696. The van der Waals surface area contributed by atoms with Crippen LogP contribution in [0.5, 0.6) is 5.75 Å². The van der Waals surface area contributed by atoms with Gasteiger partial charge in [0.05, 0.1) is 18.5 Å². The largest absolute Gasteiger partial charge is 0.497 e. The molecule has 0 amide bonds. The van der Waals surface area contributed by atoms with Crippen LogP contribution < -0.4 is 9.64 Å². The Bertz CT molecular complexity index is 891. The second-order valence-electron chi connectivity index (χ2n) is 6.68. The van der Waals surface area contributed by atoms with Crippen LogP contribution in [0, 0.1) is 0 Å². The van der Waals surface area contributed by atoms with Crippen molar-refractivity contribution in [2.75, 3.05) is 25.6 Å².